The van der Waals surface area contributed by atoms with E-state index >= 15 is 0 Å². The summed E-state index contributed by atoms with van der Waals surface area (Å²) in [5, 5.41) is 2.65. The summed E-state index contributed by atoms with van der Waals surface area (Å²) in [6.07, 6.45) is 1.50. The molecule has 0 fully saturated rings. The lowest BCUT2D eigenvalue weighted by Crippen LogP contribution is -2.39. The molecule has 1 heterocycles. The lowest BCUT2D eigenvalue weighted by atomic mass is 10.5. The van der Waals surface area contributed by atoms with Crippen molar-refractivity contribution in [2.24, 2.45) is 0 Å². The van der Waals surface area contributed by atoms with Crippen molar-refractivity contribution in [3.63, 3.8) is 0 Å². The zero-order chi connectivity index (χ0) is 12.5. The van der Waals surface area contributed by atoms with Crippen molar-refractivity contribution in [1.82, 2.24) is 4.90 Å². The molecule has 17 heavy (non-hydrogen) atoms. The van der Waals surface area contributed by atoms with Crippen LogP contribution in [0.1, 0.15) is 0 Å². The third kappa shape index (κ3) is 4.88. The molecule has 1 aromatic heterocycles. The van der Waals surface area contributed by atoms with Crippen molar-refractivity contribution in [3.8, 4) is 0 Å². The first kappa shape index (κ1) is 13.5. The monoisotopic (exact) mass is 242 g/mol. The maximum atomic E-state index is 11.9. The summed E-state index contributed by atoms with van der Waals surface area (Å²) in [6.45, 7) is 1.98. The molecule has 96 valence electrons. The van der Waals surface area contributed by atoms with Crippen LogP contribution in [0.5, 0.6) is 0 Å². The molecule has 6 nitrogen and oxygen atoms in total. The second kappa shape index (κ2) is 7.70. The Balaban J connectivity index is 2.46. The minimum Gasteiger partial charge on any atom is -0.449 e. The summed E-state index contributed by atoms with van der Waals surface area (Å²) < 4.78 is 14.9. The highest BCUT2D eigenvalue weighted by atomic mass is 16.5. The van der Waals surface area contributed by atoms with Gasteiger partial charge in [-0.25, -0.2) is 4.79 Å². The van der Waals surface area contributed by atoms with E-state index in [-0.39, 0.29) is 6.03 Å². The van der Waals surface area contributed by atoms with Crippen LogP contribution in [0.4, 0.5) is 10.7 Å². The van der Waals surface area contributed by atoms with Crippen molar-refractivity contribution in [2.45, 2.75) is 0 Å². The minimum atomic E-state index is -0.228. The van der Waals surface area contributed by atoms with E-state index in [1.807, 2.05) is 0 Å². The molecule has 0 aromatic carbocycles. The second-order valence-corrected chi connectivity index (χ2v) is 3.38. The topological polar surface area (TPSA) is 63.9 Å². The van der Waals surface area contributed by atoms with E-state index in [0.29, 0.717) is 32.2 Å². The highest BCUT2D eigenvalue weighted by molar-refractivity contribution is 5.87. The Hall–Kier alpha value is -1.53. The van der Waals surface area contributed by atoms with Crippen molar-refractivity contribution in [2.75, 3.05) is 45.8 Å². The molecule has 0 saturated carbocycles. The van der Waals surface area contributed by atoms with Crippen LogP contribution >= 0.6 is 0 Å². The number of carbonyl (C=O) groups excluding carboxylic acids is 1. The van der Waals surface area contributed by atoms with Crippen molar-refractivity contribution >= 4 is 11.9 Å². The van der Waals surface area contributed by atoms with Gasteiger partial charge in [-0.3, -0.25) is 5.32 Å². The summed E-state index contributed by atoms with van der Waals surface area (Å²) in [5.41, 5.74) is 0. The molecule has 0 spiro atoms. The Bertz CT molecular complexity index is 305. The van der Waals surface area contributed by atoms with Crippen LogP contribution in [-0.2, 0) is 9.47 Å². The number of urea groups is 1. The zero-order valence-electron chi connectivity index (χ0n) is 10.1. The maximum Gasteiger partial charge on any atom is 0.324 e. The number of furan rings is 1. The van der Waals surface area contributed by atoms with Crippen LogP contribution in [0, 0.1) is 0 Å². The van der Waals surface area contributed by atoms with Gasteiger partial charge >= 0.3 is 6.03 Å². The number of carbonyl (C=O) groups is 1. The lowest BCUT2D eigenvalue weighted by molar-refractivity contribution is 0.127. The van der Waals surface area contributed by atoms with Gasteiger partial charge in [0.1, 0.15) is 0 Å². The van der Waals surface area contributed by atoms with Crippen LogP contribution in [0.25, 0.3) is 0 Å². The molecule has 0 unspecified atom stereocenters. The van der Waals surface area contributed by atoms with E-state index in [1.165, 1.54) is 6.26 Å². The Morgan fingerprint density at radius 2 is 2.00 bits per heavy atom. The lowest BCUT2D eigenvalue weighted by Gasteiger charge is -2.21. The molecule has 0 saturated heterocycles. The average Bonchev–Trinajstić information content (AvgIpc) is 2.82. The van der Waals surface area contributed by atoms with Crippen LogP contribution in [0.2, 0.25) is 0 Å². The molecule has 0 aliphatic carbocycles. The van der Waals surface area contributed by atoms with Gasteiger partial charge in [-0.2, -0.15) is 0 Å². The molecule has 0 aliphatic heterocycles. The number of nitrogens with zero attached hydrogens (tertiary/aromatic N) is 1. The molecule has 1 N–H and O–H groups in total. The Kier molecular flexibility index (Phi) is 6.13. The summed E-state index contributed by atoms with van der Waals surface area (Å²) in [4.78, 5) is 13.5. The highest BCUT2D eigenvalue weighted by Crippen LogP contribution is 2.07. The number of rotatable bonds is 7. The third-order valence-electron chi connectivity index (χ3n) is 2.17. The standard InChI is InChI=1S/C11H18N2O4/c1-15-8-5-13(6-9-16-2)11(14)12-10-4-3-7-17-10/h3-4,7H,5-6,8-9H2,1-2H3,(H,12,14). The van der Waals surface area contributed by atoms with Gasteiger partial charge in [0.15, 0.2) is 0 Å². The van der Waals surface area contributed by atoms with E-state index in [4.69, 9.17) is 13.9 Å². The predicted molar refractivity (Wildman–Crippen MR) is 63.1 cm³/mol. The maximum absolute atomic E-state index is 11.9. The fourth-order valence-electron chi connectivity index (χ4n) is 1.25. The van der Waals surface area contributed by atoms with Gasteiger partial charge in [0.2, 0.25) is 5.88 Å². The molecule has 0 radical (unpaired) electrons. The molecule has 1 aromatic rings. The SMILES string of the molecule is COCCN(CCOC)C(=O)Nc1ccco1. The quantitative estimate of drug-likeness (QED) is 0.785. The van der Waals surface area contributed by atoms with Gasteiger partial charge in [-0.05, 0) is 6.07 Å². The number of methoxy groups -OCH3 is 2. The zero-order valence-corrected chi connectivity index (χ0v) is 10.1. The van der Waals surface area contributed by atoms with E-state index in [9.17, 15) is 4.79 Å². The molecule has 0 aliphatic rings. The number of anilines is 1. The van der Waals surface area contributed by atoms with Crippen LogP contribution in [0.15, 0.2) is 22.8 Å². The summed E-state index contributed by atoms with van der Waals surface area (Å²) in [7, 11) is 3.19. The van der Waals surface area contributed by atoms with Crippen LogP contribution < -0.4 is 5.32 Å². The van der Waals surface area contributed by atoms with Gasteiger partial charge in [-0.15, -0.1) is 0 Å². The van der Waals surface area contributed by atoms with Crippen LogP contribution in [0.3, 0.4) is 0 Å². The minimum absolute atomic E-state index is 0.228. The molecule has 0 bridgehead atoms. The highest BCUT2D eigenvalue weighted by Gasteiger charge is 2.13. The fraction of sp³-hybridized carbons (Fsp3) is 0.545. The first-order chi connectivity index (χ1) is 8.27. The van der Waals surface area contributed by atoms with Gasteiger partial charge < -0.3 is 18.8 Å². The Labute approximate surface area is 100 Å². The molecular formula is C11H18N2O4. The van der Waals surface area contributed by atoms with Gasteiger partial charge in [0, 0.05) is 33.4 Å². The number of ether oxygens (including phenoxy) is 2. The van der Waals surface area contributed by atoms with Crippen molar-refractivity contribution in [1.29, 1.82) is 0 Å². The fourth-order valence-corrected chi connectivity index (χ4v) is 1.25. The van der Waals surface area contributed by atoms with Crippen LogP contribution in [-0.4, -0.2) is 51.5 Å². The largest absolute Gasteiger partial charge is 0.449 e. The Morgan fingerprint density at radius 1 is 1.35 bits per heavy atom. The van der Waals surface area contributed by atoms with E-state index in [1.54, 1.807) is 31.3 Å². The number of hydrogen-bond donors (Lipinski definition) is 1. The summed E-state index contributed by atoms with van der Waals surface area (Å²) in [6, 6.07) is 3.17. The molecule has 2 amide bonds. The number of amides is 2. The summed E-state index contributed by atoms with van der Waals surface area (Å²) >= 11 is 0. The van der Waals surface area contributed by atoms with Crippen molar-refractivity contribution < 1.29 is 18.7 Å². The number of hydrogen-bond acceptors (Lipinski definition) is 4. The van der Waals surface area contributed by atoms with Gasteiger partial charge in [0.25, 0.3) is 0 Å². The third-order valence-corrected chi connectivity index (χ3v) is 2.17. The molecule has 6 heteroatoms. The van der Waals surface area contributed by atoms with Gasteiger partial charge in [-0.1, -0.05) is 0 Å². The number of nitrogens with one attached hydrogen (secondary N) is 1. The Morgan fingerprint density at radius 3 is 2.47 bits per heavy atom. The summed E-state index contributed by atoms with van der Waals surface area (Å²) in [5.74, 6) is 0.426. The first-order valence-corrected chi connectivity index (χ1v) is 5.35. The predicted octanol–water partition coefficient (Wildman–Crippen LogP) is 1.41. The van der Waals surface area contributed by atoms with E-state index < -0.39 is 0 Å². The second-order valence-electron chi connectivity index (χ2n) is 3.38. The molecule has 1 rings (SSSR count). The molecular weight excluding hydrogens is 224 g/mol. The van der Waals surface area contributed by atoms with E-state index in [0.717, 1.165) is 0 Å². The molecule has 0 atom stereocenters. The smallest absolute Gasteiger partial charge is 0.324 e. The average molecular weight is 242 g/mol. The first-order valence-electron chi connectivity index (χ1n) is 5.35. The normalized spacial score (nSPS) is 10.2. The van der Waals surface area contributed by atoms with E-state index in [2.05, 4.69) is 5.32 Å². The van der Waals surface area contributed by atoms with Crippen molar-refractivity contribution in [3.05, 3.63) is 18.4 Å². The van der Waals surface area contributed by atoms with Gasteiger partial charge in [0.05, 0.1) is 19.5 Å².